The molecular weight excluding hydrogens is 526 g/mol. The maximum atomic E-state index is 5.45. The number of aromatic nitrogens is 4. The van der Waals surface area contributed by atoms with Gasteiger partial charge in [-0.05, 0) is 47.9 Å². The summed E-state index contributed by atoms with van der Waals surface area (Å²) in [6.07, 6.45) is 13.9. The molecule has 0 bridgehead atoms. The third-order valence-corrected chi connectivity index (χ3v) is 7.92. The van der Waals surface area contributed by atoms with Crippen molar-refractivity contribution >= 4 is 27.8 Å². The fourth-order valence-corrected chi connectivity index (χ4v) is 6.03. The molecule has 0 amide bonds. The van der Waals surface area contributed by atoms with Crippen LogP contribution in [0.3, 0.4) is 0 Å². The standard InChI is InChI=1S/C38H36N5/c1-6-14-29(15-7-2)38(30-16-10-8-11-17-30,31-18-12-9-13-19-31)42-35-23-24-39-27-33(35)32-20-21-34(41-37(32)42)28-22-25-40-36(26-28)43(3,4)5/h6-27H,1H2,2-5H3/q+1/b15-7-,29-14+. The summed E-state index contributed by atoms with van der Waals surface area (Å²) in [7, 11) is 6.36. The second-order valence-corrected chi connectivity index (χ2v) is 11.5. The molecule has 0 radical (unpaired) electrons. The van der Waals surface area contributed by atoms with Crippen molar-refractivity contribution in [3.05, 3.63) is 157 Å². The van der Waals surface area contributed by atoms with Crippen molar-refractivity contribution in [2.75, 3.05) is 21.1 Å². The largest absolute Gasteiger partial charge is 0.307 e. The molecule has 4 heterocycles. The molecule has 4 aromatic heterocycles. The molecular formula is C38H36N5+. The number of pyridine rings is 3. The zero-order valence-electron chi connectivity index (χ0n) is 25.1. The first-order chi connectivity index (χ1) is 20.9. The van der Waals surface area contributed by atoms with E-state index in [0.717, 1.165) is 55.7 Å². The van der Waals surface area contributed by atoms with Crippen LogP contribution in [-0.2, 0) is 5.54 Å². The van der Waals surface area contributed by atoms with Crippen LogP contribution in [0.15, 0.2) is 146 Å². The van der Waals surface area contributed by atoms with Gasteiger partial charge in [0.15, 0.2) is 0 Å². The molecule has 0 N–H and O–H groups in total. The Labute approximate surface area is 253 Å². The van der Waals surface area contributed by atoms with Crippen LogP contribution in [0.25, 0.3) is 33.2 Å². The van der Waals surface area contributed by atoms with Gasteiger partial charge in [0.05, 0.1) is 32.4 Å². The molecule has 6 aromatic rings. The summed E-state index contributed by atoms with van der Waals surface area (Å²) in [4.78, 5) is 14.6. The van der Waals surface area contributed by atoms with Gasteiger partial charge in [0.1, 0.15) is 11.2 Å². The van der Waals surface area contributed by atoms with Crippen molar-refractivity contribution in [2.45, 2.75) is 12.5 Å². The van der Waals surface area contributed by atoms with Crippen LogP contribution in [0.2, 0.25) is 0 Å². The molecule has 2 aromatic carbocycles. The van der Waals surface area contributed by atoms with Crippen molar-refractivity contribution in [3.63, 3.8) is 0 Å². The van der Waals surface area contributed by atoms with Crippen LogP contribution in [-0.4, -0.2) is 40.7 Å². The van der Waals surface area contributed by atoms with Crippen molar-refractivity contribution in [1.29, 1.82) is 0 Å². The second kappa shape index (κ2) is 11.3. The van der Waals surface area contributed by atoms with Crippen LogP contribution in [0.4, 0.5) is 5.82 Å². The zero-order valence-corrected chi connectivity index (χ0v) is 25.1. The summed E-state index contributed by atoms with van der Waals surface area (Å²) in [5.74, 6) is 0.969. The first-order valence-corrected chi connectivity index (χ1v) is 14.5. The minimum Gasteiger partial charge on any atom is -0.307 e. The fourth-order valence-electron chi connectivity index (χ4n) is 6.03. The van der Waals surface area contributed by atoms with E-state index in [1.54, 1.807) is 0 Å². The molecule has 0 unspecified atom stereocenters. The molecule has 0 saturated heterocycles. The van der Waals surface area contributed by atoms with E-state index in [1.165, 1.54) is 0 Å². The lowest BCUT2D eigenvalue weighted by atomic mass is 9.75. The Bertz CT molecular complexity index is 1940. The SMILES string of the molecule is C=C/C=C(\C=C/C)C(c1ccccc1)(c1ccccc1)n1c2ccncc2c2ccc(-c3ccnc([N+](C)(C)C)c3)nc21. The number of rotatable bonds is 8. The summed E-state index contributed by atoms with van der Waals surface area (Å²) in [5, 5.41) is 2.09. The Morgan fingerprint density at radius 3 is 2.16 bits per heavy atom. The second-order valence-electron chi connectivity index (χ2n) is 11.5. The molecule has 212 valence electrons. The lowest BCUT2D eigenvalue weighted by Gasteiger charge is -2.39. The van der Waals surface area contributed by atoms with Crippen molar-refractivity contribution in [2.24, 2.45) is 0 Å². The molecule has 0 aliphatic carbocycles. The van der Waals surface area contributed by atoms with Crippen LogP contribution < -0.4 is 4.48 Å². The van der Waals surface area contributed by atoms with E-state index < -0.39 is 5.54 Å². The number of fused-ring (bicyclic) bond motifs is 3. The first kappa shape index (κ1) is 28.0. The van der Waals surface area contributed by atoms with Gasteiger partial charge >= 0.3 is 0 Å². The summed E-state index contributed by atoms with van der Waals surface area (Å²) in [5.41, 5.74) is 6.35. The van der Waals surface area contributed by atoms with E-state index in [1.807, 2.05) is 30.7 Å². The molecule has 5 heteroatoms. The van der Waals surface area contributed by atoms with Crippen molar-refractivity contribution in [1.82, 2.24) is 24.0 Å². The molecule has 0 saturated carbocycles. The van der Waals surface area contributed by atoms with Gasteiger partial charge in [0.2, 0.25) is 5.82 Å². The average Bonchev–Trinajstić information content (AvgIpc) is 3.36. The number of benzene rings is 2. The fraction of sp³-hybridized carbons (Fsp3) is 0.132. The zero-order chi connectivity index (χ0) is 30.0. The van der Waals surface area contributed by atoms with Gasteiger partial charge in [-0.3, -0.25) is 9.47 Å². The van der Waals surface area contributed by atoms with Gasteiger partial charge in [-0.1, -0.05) is 91.5 Å². The highest BCUT2D eigenvalue weighted by molar-refractivity contribution is 6.07. The van der Waals surface area contributed by atoms with Crippen LogP contribution in [0.1, 0.15) is 18.1 Å². The number of nitrogens with zero attached hydrogens (tertiary/aromatic N) is 5. The molecule has 0 aliphatic heterocycles. The number of hydrogen-bond donors (Lipinski definition) is 0. The lowest BCUT2D eigenvalue weighted by Crippen LogP contribution is -2.38. The highest BCUT2D eigenvalue weighted by atomic mass is 15.3. The minimum atomic E-state index is -0.776. The Kier molecular flexibility index (Phi) is 7.34. The van der Waals surface area contributed by atoms with E-state index in [9.17, 15) is 0 Å². The normalized spacial score (nSPS) is 12.8. The quantitative estimate of drug-likeness (QED) is 0.138. The molecule has 0 fully saturated rings. The Balaban J connectivity index is 1.81. The van der Waals surface area contributed by atoms with Gasteiger partial charge in [-0.2, -0.15) is 0 Å². The average molecular weight is 563 g/mol. The van der Waals surface area contributed by atoms with E-state index in [0.29, 0.717) is 4.48 Å². The van der Waals surface area contributed by atoms with Crippen molar-refractivity contribution in [3.8, 4) is 11.3 Å². The first-order valence-electron chi connectivity index (χ1n) is 14.5. The van der Waals surface area contributed by atoms with E-state index >= 15 is 0 Å². The highest BCUT2D eigenvalue weighted by Gasteiger charge is 2.41. The monoisotopic (exact) mass is 562 g/mol. The van der Waals surface area contributed by atoms with Gasteiger partial charge in [0, 0.05) is 41.0 Å². The summed E-state index contributed by atoms with van der Waals surface area (Å²) >= 11 is 0. The van der Waals surface area contributed by atoms with Gasteiger partial charge in [-0.25, -0.2) is 9.97 Å². The van der Waals surface area contributed by atoms with Crippen molar-refractivity contribution < 1.29 is 0 Å². The van der Waals surface area contributed by atoms with Gasteiger partial charge in [-0.15, -0.1) is 0 Å². The summed E-state index contributed by atoms with van der Waals surface area (Å²) < 4.78 is 3.01. The number of quaternary nitrogens is 1. The molecule has 5 nitrogen and oxygen atoms in total. The predicted molar refractivity (Wildman–Crippen MR) is 180 cm³/mol. The summed E-state index contributed by atoms with van der Waals surface area (Å²) in [6.45, 7) is 6.17. The molecule has 6 rings (SSSR count). The van der Waals surface area contributed by atoms with Gasteiger partial charge < -0.3 is 4.57 Å². The highest BCUT2D eigenvalue weighted by Crippen LogP contribution is 2.46. The number of allylic oxidation sites excluding steroid dienone is 5. The third-order valence-electron chi connectivity index (χ3n) is 7.92. The Morgan fingerprint density at radius 1 is 0.837 bits per heavy atom. The third kappa shape index (κ3) is 4.78. The minimum absolute atomic E-state index is 0.617. The van der Waals surface area contributed by atoms with Crippen LogP contribution in [0.5, 0.6) is 0 Å². The van der Waals surface area contributed by atoms with Crippen LogP contribution >= 0.6 is 0 Å². The molecule has 0 aliphatic rings. The molecule has 0 spiro atoms. The smallest absolute Gasteiger partial charge is 0.227 e. The predicted octanol–water partition coefficient (Wildman–Crippen LogP) is 8.32. The maximum Gasteiger partial charge on any atom is 0.227 e. The van der Waals surface area contributed by atoms with E-state index in [2.05, 4.69) is 152 Å². The molecule has 43 heavy (non-hydrogen) atoms. The number of hydrogen-bond acceptors (Lipinski definition) is 3. The van der Waals surface area contributed by atoms with E-state index in [4.69, 9.17) is 4.98 Å². The molecule has 0 atom stereocenters. The van der Waals surface area contributed by atoms with Gasteiger partial charge in [0.25, 0.3) is 0 Å². The van der Waals surface area contributed by atoms with Crippen LogP contribution in [0, 0.1) is 0 Å². The topological polar surface area (TPSA) is 43.6 Å². The lowest BCUT2D eigenvalue weighted by molar-refractivity contribution is 0.473. The maximum absolute atomic E-state index is 5.45. The Hall–Kier alpha value is -5.13. The Morgan fingerprint density at radius 2 is 1.53 bits per heavy atom. The summed E-state index contributed by atoms with van der Waals surface area (Å²) in [6, 6.07) is 31.9. The van der Waals surface area contributed by atoms with E-state index in [-0.39, 0.29) is 0 Å².